The number of benzene rings is 1. The molecule has 0 atom stereocenters. The van der Waals surface area contributed by atoms with Crippen LogP contribution in [0.3, 0.4) is 0 Å². The van der Waals surface area contributed by atoms with E-state index < -0.39 is 0 Å². The van der Waals surface area contributed by atoms with Gasteiger partial charge >= 0.3 is 0 Å². The number of rotatable bonds is 6. The van der Waals surface area contributed by atoms with E-state index in [4.69, 9.17) is 0 Å². The summed E-state index contributed by atoms with van der Waals surface area (Å²) >= 11 is 0. The second-order valence-corrected chi connectivity index (χ2v) is 6.79. The van der Waals surface area contributed by atoms with Crippen LogP contribution in [-0.4, -0.2) is 42.3 Å². The van der Waals surface area contributed by atoms with Gasteiger partial charge in [0.05, 0.1) is 11.3 Å². The molecule has 1 saturated heterocycles. The first-order chi connectivity index (χ1) is 12.4. The largest absolute Gasteiger partial charge is 0.349 e. The predicted octanol–water partition coefficient (Wildman–Crippen LogP) is 2.44. The molecule has 0 unspecified atom stereocenters. The van der Waals surface area contributed by atoms with E-state index >= 15 is 0 Å². The van der Waals surface area contributed by atoms with Crippen molar-refractivity contribution in [3.63, 3.8) is 0 Å². The topological polar surface area (TPSA) is 78.5 Å². The van der Waals surface area contributed by atoms with Crippen molar-refractivity contribution in [3.8, 4) is 0 Å². The number of hydrogen-bond acceptors (Lipinski definition) is 3. The minimum atomic E-state index is -0.252. The van der Waals surface area contributed by atoms with Crippen molar-refractivity contribution in [1.82, 2.24) is 10.2 Å². The van der Waals surface area contributed by atoms with Crippen LogP contribution in [0.1, 0.15) is 37.0 Å². The number of amides is 3. The molecule has 140 valence electrons. The molecule has 2 rings (SSSR count). The Balaban J connectivity index is 1.98. The van der Waals surface area contributed by atoms with Gasteiger partial charge in [0, 0.05) is 31.5 Å². The van der Waals surface area contributed by atoms with Crippen molar-refractivity contribution in [2.75, 3.05) is 25.0 Å². The second kappa shape index (κ2) is 9.17. The zero-order valence-electron chi connectivity index (χ0n) is 15.5. The Hall–Kier alpha value is -2.63. The van der Waals surface area contributed by atoms with Gasteiger partial charge in [0.1, 0.15) is 0 Å². The average Bonchev–Trinajstić information content (AvgIpc) is 2.65. The van der Waals surface area contributed by atoms with Crippen LogP contribution >= 0.6 is 0 Å². The smallest absolute Gasteiger partial charge is 0.253 e. The van der Waals surface area contributed by atoms with Crippen LogP contribution in [0.4, 0.5) is 5.69 Å². The molecule has 0 radical (unpaired) electrons. The minimum absolute atomic E-state index is 0.0265. The third-order valence-corrected chi connectivity index (χ3v) is 4.51. The highest BCUT2D eigenvalue weighted by Gasteiger charge is 2.28. The van der Waals surface area contributed by atoms with Gasteiger partial charge in [-0.3, -0.25) is 14.4 Å². The summed E-state index contributed by atoms with van der Waals surface area (Å²) in [6, 6.07) is 6.94. The van der Waals surface area contributed by atoms with Gasteiger partial charge in [0.15, 0.2) is 0 Å². The van der Waals surface area contributed by atoms with Gasteiger partial charge in [-0.25, -0.2) is 0 Å². The van der Waals surface area contributed by atoms with Crippen LogP contribution in [0.25, 0.3) is 0 Å². The second-order valence-electron chi connectivity index (χ2n) is 6.79. The molecule has 1 aliphatic heterocycles. The minimum Gasteiger partial charge on any atom is -0.349 e. The molecule has 26 heavy (non-hydrogen) atoms. The molecule has 6 nitrogen and oxygen atoms in total. The Morgan fingerprint density at radius 2 is 1.88 bits per heavy atom. The summed E-state index contributed by atoms with van der Waals surface area (Å²) < 4.78 is 0. The summed E-state index contributed by atoms with van der Waals surface area (Å²) in [5.74, 6) is -0.409. The van der Waals surface area contributed by atoms with Gasteiger partial charge in [-0.05, 0) is 25.0 Å². The van der Waals surface area contributed by atoms with Gasteiger partial charge in [0.2, 0.25) is 11.8 Å². The number of nitrogens with zero attached hydrogens (tertiary/aromatic N) is 1. The van der Waals surface area contributed by atoms with Crippen LogP contribution in [0.2, 0.25) is 0 Å². The van der Waals surface area contributed by atoms with Crippen LogP contribution < -0.4 is 10.6 Å². The maximum absolute atomic E-state index is 12.6. The summed E-state index contributed by atoms with van der Waals surface area (Å²) in [4.78, 5) is 38.7. The number of likely N-dealkylation sites (tertiary alicyclic amines) is 1. The monoisotopic (exact) mass is 357 g/mol. The van der Waals surface area contributed by atoms with Crippen molar-refractivity contribution in [1.29, 1.82) is 0 Å². The molecule has 0 bridgehead atoms. The molecule has 1 aromatic rings. The molecule has 6 heteroatoms. The Labute approximate surface area is 154 Å². The average molecular weight is 357 g/mol. The van der Waals surface area contributed by atoms with Crippen molar-refractivity contribution < 1.29 is 14.4 Å². The summed E-state index contributed by atoms with van der Waals surface area (Å²) in [7, 11) is 0. The Kier molecular flexibility index (Phi) is 6.95. The van der Waals surface area contributed by atoms with Crippen molar-refractivity contribution in [3.05, 3.63) is 42.5 Å². The highest BCUT2D eigenvalue weighted by Crippen LogP contribution is 2.22. The summed E-state index contributed by atoms with van der Waals surface area (Å²) in [5, 5.41) is 5.59. The van der Waals surface area contributed by atoms with E-state index in [2.05, 4.69) is 17.2 Å². The fourth-order valence-electron chi connectivity index (χ4n) is 3.01. The van der Waals surface area contributed by atoms with Crippen LogP contribution in [-0.2, 0) is 9.59 Å². The lowest BCUT2D eigenvalue weighted by Crippen LogP contribution is -2.43. The van der Waals surface area contributed by atoms with Crippen LogP contribution in [0.5, 0.6) is 0 Å². The zero-order valence-corrected chi connectivity index (χ0v) is 15.5. The molecule has 2 N–H and O–H groups in total. The first-order valence-electron chi connectivity index (χ1n) is 9.01. The van der Waals surface area contributed by atoms with E-state index in [0.717, 1.165) is 0 Å². The fourth-order valence-corrected chi connectivity index (χ4v) is 3.01. The predicted molar refractivity (Wildman–Crippen MR) is 102 cm³/mol. The van der Waals surface area contributed by atoms with E-state index in [9.17, 15) is 14.4 Å². The van der Waals surface area contributed by atoms with Crippen LogP contribution in [0, 0.1) is 11.8 Å². The number of anilines is 1. The fraction of sp³-hybridized carbons (Fsp3) is 0.450. The third kappa shape index (κ3) is 4.94. The highest BCUT2D eigenvalue weighted by molar-refractivity contribution is 6.04. The van der Waals surface area contributed by atoms with E-state index in [1.807, 2.05) is 18.7 Å². The number of para-hydroxylation sites is 1. The van der Waals surface area contributed by atoms with E-state index in [1.54, 1.807) is 30.3 Å². The first kappa shape index (κ1) is 19.7. The normalized spacial score (nSPS) is 14.8. The van der Waals surface area contributed by atoms with Crippen molar-refractivity contribution in [2.45, 2.75) is 26.7 Å². The van der Waals surface area contributed by atoms with Crippen molar-refractivity contribution in [2.24, 2.45) is 11.8 Å². The molecule has 0 aliphatic carbocycles. The Bertz CT molecular complexity index is 677. The standard InChI is InChI=1S/C20H27N3O3/c1-4-11-21-19(25)16-7-5-6-8-17(16)22-18(24)15-9-12-23(13-10-15)20(26)14(2)3/h4-8,14-15H,1,9-13H2,2-3H3,(H,21,25)(H,22,24). The number of carbonyl (C=O) groups excluding carboxylic acids is 3. The lowest BCUT2D eigenvalue weighted by Gasteiger charge is -2.32. The van der Waals surface area contributed by atoms with Gasteiger partial charge in [0.25, 0.3) is 5.91 Å². The summed E-state index contributed by atoms with van der Waals surface area (Å²) in [5.41, 5.74) is 0.926. The molecule has 1 fully saturated rings. The molecule has 1 aliphatic rings. The maximum atomic E-state index is 12.6. The Morgan fingerprint density at radius 3 is 2.50 bits per heavy atom. The van der Waals surface area contributed by atoms with Gasteiger partial charge in [-0.1, -0.05) is 32.1 Å². The molecule has 0 saturated carbocycles. The van der Waals surface area contributed by atoms with E-state index in [1.165, 1.54) is 0 Å². The zero-order chi connectivity index (χ0) is 19.1. The SMILES string of the molecule is C=CCNC(=O)c1ccccc1NC(=O)C1CCN(C(=O)C(C)C)CC1. The first-order valence-corrected chi connectivity index (χ1v) is 9.01. The third-order valence-electron chi connectivity index (χ3n) is 4.51. The molecule has 0 aromatic heterocycles. The molecule has 0 spiro atoms. The number of nitrogens with one attached hydrogen (secondary N) is 2. The number of carbonyl (C=O) groups is 3. The molecule has 3 amide bonds. The summed E-state index contributed by atoms with van der Waals surface area (Å²) in [6.45, 7) is 8.90. The highest BCUT2D eigenvalue weighted by atomic mass is 16.2. The Morgan fingerprint density at radius 1 is 1.23 bits per heavy atom. The molecule has 1 heterocycles. The number of piperidine rings is 1. The van der Waals surface area contributed by atoms with Crippen molar-refractivity contribution >= 4 is 23.4 Å². The molecular formula is C20H27N3O3. The molecular weight excluding hydrogens is 330 g/mol. The number of hydrogen-bond donors (Lipinski definition) is 2. The maximum Gasteiger partial charge on any atom is 0.253 e. The quantitative estimate of drug-likeness (QED) is 0.768. The molecule has 1 aromatic carbocycles. The van der Waals surface area contributed by atoms with Crippen LogP contribution in [0.15, 0.2) is 36.9 Å². The van der Waals surface area contributed by atoms with Gasteiger partial charge in [-0.15, -0.1) is 6.58 Å². The lowest BCUT2D eigenvalue weighted by atomic mass is 9.95. The van der Waals surface area contributed by atoms with E-state index in [-0.39, 0.29) is 29.6 Å². The van der Waals surface area contributed by atoms with E-state index in [0.29, 0.717) is 43.7 Å². The lowest BCUT2D eigenvalue weighted by molar-refractivity contribution is -0.137. The van der Waals surface area contributed by atoms with Gasteiger partial charge < -0.3 is 15.5 Å². The van der Waals surface area contributed by atoms with Gasteiger partial charge in [-0.2, -0.15) is 0 Å². The summed E-state index contributed by atoms with van der Waals surface area (Å²) in [6.07, 6.45) is 2.87.